The monoisotopic (exact) mass is 148 g/mol. The van der Waals surface area contributed by atoms with Crippen molar-refractivity contribution in [3.63, 3.8) is 0 Å². The lowest BCUT2D eigenvalue weighted by Gasteiger charge is -1.69. The summed E-state index contributed by atoms with van der Waals surface area (Å²) in [4.78, 5) is 0. The third kappa shape index (κ3) is 0.487. The Morgan fingerprint density at radius 1 is 1.00 bits per heavy atom. The fourth-order valence-corrected chi connectivity index (χ4v) is 1.22. The van der Waals surface area contributed by atoms with Gasteiger partial charge in [-0.1, -0.05) is 0 Å². The van der Waals surface area contributed by atoms with Gasteiger partial charge in [-0.15, -0.1) is 0 Å². The van der Waals surface area contributed by atoms with E-state index in [4.69, 9.17) is 13.3 Å². The van der Waals surface area contributed by atoms with Crippen LogP contribution in [0, 0.1) is 0 Å². The summed E-state index contributed by atoms with van der Waals surface area (Å²) in [7, 11) is 0. The minimum Gasteiger partial charge on any atom is -0.460 e. The topological polar surface area (TPSA) is 39.4 Å². The van der Waals surface area contributed by atoms with E-state index in [-0.39, 0.29) is 0 Å². The Morgan fingerprint density at radius 3 is 2.91 bits per heavy atom. The highest BCUT2D eigenvalue weighted by molar-refractivity contribution is 5.98. The molecule has 0 aromatic carbocycles. The molecule has 54 valence electrons. The summed E-state index contributed by atoms with van der Waals surface area (Å²) in [5, 5.41) is 0.894. The minimum absolute atomic E-state index is 0.527. The number of fused-ring (bicyclic) bond motifs is 3. The van der Waals surface area contributed by atoms with E-state index < -0.39 is 0 Å². The van der Waals surface area contributed by atoms with Crippen molar-refractivity contribution in [1.29, 1.82) is 0 Å². The number of hydrogen-bond acceptors (Lipinski definition) is 3. The summed E-state index contributed by atoms with van der Waals surface area (Å²) in [5.74, 6) is 0.527. The van der Waals surface area contributed by atoms with Gasteiger partial charge in [0.15, 0.2) is 11.2 Å². The average Bonchev–Trinajstić information content (AvgIpc) is 2.52. The van der Waals surface area contributed by atoms with E-state index in [1.54, 1.807) is 18.6 Å². The summed E-state index contributed by atoms with van der Waals surface area (Å²) >= 11 is 0. The van der Waals surface area contributed by atoms with Crippen molar-refractivity contribution in [2.24, 2.45) is 0 Å². The molecule has 0 atom stereocenters. The van der Waals surface area contributed by atoms with Crippen LogP contribution in [0.4, 0.5) is 0 Å². The molecule has 0 saturated heterocycles. The lowest BCUT2D eigenvalue weighted by molar-refractivity contribution is 0.499. The predicted molar refractivity (Wildman–Crippen MR) is 38.3 cm³/mol. The van der Waals surface area contributed by atoms with Gasteiger partial charge < -0.3 is 13.3 Å². The molecule has 0 amide bonds. The van der Waals surface area contributed by atoms with Gasteiger partial charge in [-0.2, -0.15) is 0 Å². The van der Waals surface area contributed by atoms with Gasteiger partial charge in [0.1, 0.15) is 5.39 Å². The van der Waals surface area contributed by atoms with Crippen LogP contribution < -0.4 is 0 Å². The normalized spacial score (nSPS) is 11.6. The van der Waals surface area contributed by atoms with Crippen molar-refractivity contribution >= 4 is 22.3 Å². The van der Waals surface area contributed by atoms with Gasteiger partial charge in [-0.25, -0.2) is 0 Å². The Morgan fingerprint density at radius 2 is 1.91 bits per heavy atom. The van der Waals surface area contributed by atoms with E-state index in [0.717, 1.165) is 16.6 Å². The highest BCUT2D eigenvalue weighted by Gasteiger charge is 2.10. The van der Waals surface area contributed by atoms with Gasteiger partial charge in [0.2, 0.25) is 0 Å². The third-order valence-corrected chi connectivity index (χ3v) is 1.71. The maximum atomic E-state index is 5.27. The Kier molecular flexibility index (Phi) is 0.692. The van der Waals surface area contributed by atoms with E-state index in [1.807, 2.05) is 6.07 Å². The lowest BCUT2D eigenvalue weighted by atomic mass is 10.4. The molecule has 0 radical (unpaired) electrons. The summed E-state index contributed by atoms with van der Waals surface area (Å²) in [6, 6.07) is 3.59. The summed E-state index contributed by atoms with van der Waals surface area (Å²) in [6.45, 7) is 0. The molecule has 0 spiro atoms. The summed E-state index contributed by atoms with van der Waals surface area (Å²) in [6.07, 6.45) is 3.18. The number of hydrogen-bond donors (Lipinski definition) is 0. The van der Waals surface area contributed by atoms with Crippen molar-refractivity contribution in [3.8, 4) is 0 Å². The summed E-state index contributed by atoms with van der Waals surface area (Å²) < 4.78 is 15.5. The molecule has 0 fully saturated rings. The van der Waals surface area contributed by atoms with E-state index in [0.29, 0.717) is 5.78 Å². The van der Waals surface area contributed by atoms with Crippen LogP contribution in [-0.2, 0) is 0 Å². The van der Waals surface area contributed by atoms with Gasteiger partial charge in [0.05, 0.1) is 12.5 Å². The molecule has 0 N–H and O–H groups in total. The second-order valence-electron chi connectivity index (χ2n) is 2.34. The molecule has 3 heteroatoms. The Hall–Kier alpha value is -1.64. The van der Waals surface area contributed by atoms with Gasteiger partial charge in [-0.05, 0) is 6.07 Å². The van der Waals surface area contributed by atoms with Crippen LogP contribution in [0.25, 0.3) is 22.3 Å². The first kappa shape index (κ1) is 5.07. The fourth-order valence-electron chi connectivity index (χ4n) is 1.22. The first-order valence-electron chi connectivity index (χ1n) is 3.28. The van der Waals surface area contributed by atoms with Crippen molar-refractivity contribution in [1.82, 2.24) is 0 Å². The van der Waals surface area contributed by atoms with Crippen LogP contribution in [0.3, 0.4) is 0 Å². The van der Waals surface area contributed by atoms with E-state index >= 15 is 0 Å². The summed E-state index contributed by atoms with van der Waals surface area (Å²) in [5.41, 5.74) is 1.49. The maximum Gasteiger partial charge on any atom is 0.301 e. The van der Waals surface area contributed by atoms with E-state index in [9.17, 15) is 0 Å². The van der Waals surface area contributed by atoms with Crippen molar-refractivity contribution in [3.05, 3.63) is 24.7 Å². The maximum absolute atomic E-state index is 5.27. The predicted octanol–water partition coefficient (Wildman–Crippen LogP) is 2.77. The zero-order valence-corrected chi connectivity index (χ0v) is 5.53. The molecule has 0 saturated carbocycles. The number of rotatable bonds is 0. The Balaban J connectivity index is 2.75. The average molecular weight is 148 g/mol. The molecule has 0 bridgehead atoms. The van der Waals surface area contributed by atoms with Crippen molar-refractivity contribution < 1.29 is 13.3 Å². The van der Waals surface area contributed by atoms with Crippen LogP contribution >= 0.6 is 0 Å². The molecular weight excluding hydrogens is 144 g/mol. The van der Waals surface area contributed by atoms with Crippen LogP contribution in [0.1, 0.15) is 0 Å². The van der Waals surface area contributed by atoms with E-state index in [1.165, 1.54) is 0 Å². The second kappa shape index (κ2) is 1.50. The Labute approximate surface area is 61.2 Å². The molecule has 11 heavy (non-hydrogen) atoms. The molecule has 3 aromatic rings. The SMILES string of the molecule is c1cc2c(o1)oc1ccoc12. The standard InChI is InChI=1S/C8H4O3/c1-3-10-8-5(1)7-6(11-8)2-4-9-7/h1-4H. The smallest absolute Gasteiger partial charge is 0.301 e. The molecule has 0 aliphatic heterocycles. The van der Waals surface area contributed by atoms with Crippen LogP contribution in [0.15, 0.2) is 37.9 Å². The van der Waals surface area contributed by atoms with Crippen LogP contribution in [-0.4, -0.2) is 0 Å². The van der Waals surface area contributed by atoms with Crippen LogP contribution in [0.5, 0.6) is 0 Å². The number of furan rings is 3. The fraction of sp³-hybridized carbons (Fsp3) is 0. The molecule has 0 unspecified atom stereocenters. The molecule has 3 rings (SSSR count). The molecule has 3 aromatic heterocycles. The lowest BCUT2D eigenvalue weighted by Crippen LogP contribution is -1.46. The van der Waals surface area contributed by atoms with Gasteiger partial charge in [0, 0.05) is 6.07 Å². The molecular formula is C8H4O3. The zero-order chi connectivity index (χ0) is 7.26. The largest absolute Gasteiger partial charge is 0.460 e. The highest BCUT2D eigenvalue weighted by atomic mass is 16.5. The van der Waals surface area contributed by atoms with Gasteiger partial charge in [-0.3, -0.25) is 0 Å². The minimum atomic E-state index is 0.527. The zero-order valence-electron chi connectivity index (χ0n) is 5.53. The molecule has 0 aliphatic carbocycles. The van der Waals surface area contributed by atoms with Gasteiger partial charge >= 0.3 is 5.78 Å². The van der Waals surface area contributed by atoms with E-state index in [2.05, 4.69) is 0 Å². The van der Waals surface area contributed by atoms with Crippen molar-refractivity contribution in [2.75, 3.05) is 0 Å². The molecule has 3 nitrogen and oxygen atoms in total. The first-order chi connectivity index (χ1) is 5.45. The van der Waals surface area contributed by atoms with Crippen molar-refractivity contribution in [2.45, 2.75) is 0 Å². The second-order valence-corrected chi connectivity index (χ2v) is 2.34. The third-order valence-electron chi connectivity index (χ3n) is 1.71. The molecule has 3 heterocycles. The quantitative estimate of drug-likeness (QED) is 0.492. The highest BCUT2D eigenvalue weighted by Crippen LogP contribution is 2.29. The Bertz CT molecular complexity index is 452. The first-order valence-corrected chi connectivity index (χ1v) is 3.28. The van der Waals surface area contributed by atoms with Crippen LogP contribution in [0.2, 0.25) is 0 Å². The molecule has 0 aliphatic rings. The van der Waals surface area contributed by atoms with Gasteiger partial charge in [0.25, 0.3) is 0 Å².